The molecule has 0 amide bonds. The Balaban J connectivity index is 2.86. The molecule has 1 aromatic rings. The molecule has 1 aromatic carbocycles. The van der Waals surface area contributed by atoms with Gasteiger partial charge in [-0.05, 0) is 19.1 Å². The normalized spacial score (nSPS) is 13.0. The van der Waals surface area contributed by atoms with Crippen molar-refractivity contribution in [2.24, 2.45) is 10.8 Å². The Kier molecular flexibility index (Phi) is 6.04. The minimum Gasteiger partial charge on any atom is -0.497 e. The SMILES string of the molecule is COCC(C)N=C(NN)Nc1cc(OC)ccc1F. The van der Waals surface area contributed by atoms with Gasteiger partial charge in [0.2, 0.25) is 5.96 Å². The van der Waals surface area contributed by atoms with Crippen LogP contribution in [0.3, 0.4) is 0 Å². The van der Waals surface area contributed by atoms with Crippen LogP contribution in [0, 0.1) is 5.82 Å². The molecule has 0 heterocycles. The molecule has 106 valence electrons. The van der Waals surface area contributed by atoms with Gasteiger partial charge in [0.25, 0.3) is 0 Å². The van der Waals surface area contributed by atoms with Gasteiger partial charge in [0.05, 0.1) is 25.4 Å². The summed E-state index contributed by atoms with van der Waals surface area (Å²) in [6.45, 7) is 2.29. The van der Waals surface area contributed by atoms with Crippen LogP contribution in [0.4, 0.5) is 10.1 Å². The third-order valence-electron chi connectivity index (χ3n) is 2.32. The van der Waals surface area contributed by atoms with Crippen molar-refractivity contribution in [3.05, 3.63) is 24.0 Å². The van der Waals surface area contributed by atoms with E-state index < -0.39 is 5.82 Å². The average molecular weight is 270 g/mol. The Labute approximate surface area is 111 Å². The Hall–Kier alpha value is -1.86. The highest BCUT2D eigenvalue weighted by Gasteiger charge is 2.08. The Morgan fingerprint density at radius 2 is 2.21 bits per heavy atom. The summed E-state index contributed by atoms with van der Waals surface area (Å²) in [6, 6.07) is 4.23. The second-order valence-corrected chi connectivity index (χ2v) is 3.90. The first-order chi connectivity index (χ1) is 9.10. The van der Waals surface area contributed by atoms with Gasteiger partial charge in [-0.2, -0.15) is 0 Å². The first kappa shape index (κ1) is 15.2. The van der Waals surface area contributed by atoms with Crippen LogP contribution in [0.2, 0.25) is 0 Å². The van der Waals surface area contributed by atoms with Crippen LogP contribution in [-0.4, -0.2) is 32.8 Å². The van der Waals surface area contributed by atoms with Crippen molar-refractivity contribution in [1.29, 1.82) is 0 Å². The maximum atomic E-state index is 13.6. The van der Waals surface area contributed by atoms with E-state index in [0.29, 0.717) is 12.4 Å². The largest absolute Gasteiger partial charge is 0.497 e. The van der Waals surface area contributed by atoms with E-state index in [1.54, 1.807) is 7.11 Å². The summed E-state index contributed by atoms with van der Waals surface area (Å²) in [4.78, 5) is 4.21. The lowest BCUT2D eigenvalue weighted by Gasteiger charge is -2.13. The maximum absolute atomic E-state index is 13.6. The number of anilines is 1. The number of methoxy groups -OCH3 is 2. The minimum absolute atomic E-state index is 0.114. The molecule has 1 unspecified atom stereocenters. The molecule has 0 spiro atoms. The van der Waals surface area contributed by atoms with E-state index in [1.807, 2.05) is 6.92 Å². The third kappa shape index (κ3) is 4.72. The van der Waals surface area contributed by atoms with E-state index in [9.17, 15) is 4.39 Å². The summed E-state index contributed by atoms with van der Waals surface area (Å²) >= 11 is 0. The van der Waals surface area contributed by atoms with Crippen LogP contribution >= 0.6 is 0 Å². The standard InChI is InChI=1S/C12H19FN4O2/c1-8(7-18-2)15-12(17-14)16-11-6-9(19-3)4-5-10(11)13/h4-6,8H,7,14H2,1-3H3,(H2,15,16,17). The van der Waals surface area contributed by atoms with Crippen molar-refractivity contribution in [2.75, 3.05) is 26.1 Å². The lowest BCUT2D eigenvalue weighted by molar-refractivity contribution is 0.185. The molecule has 0 aliphatic rings. The molecule has 0 fully saturated rings. The molecule has 1 atom stereocenters. The molecule has 0 radical (unpaired) electrons. The van der Waals surface area contributed by atoms with E-state index in [2.05, 4.69) is 15.7 Å². The Bertz CT molecular complexity index is 440. The summed E-state index contributed by atoms with van der Waals surface area (Å²) in [6.07, 6.45) is 0. The quantitative estimate of drug-likeness (QED) is 0.323. The minimum atomic E-state index is -0.428. The zero-order valence-electron chi connectivity index (χ0n) is 11.2. The number of halogens is 1. The van der Waals surface area contributed by atoms with Gasteiger partial charge in [0, 0.05) is 13.2 Å². The topological polar surface area (TPSA) is 80.9 Å². The molecule has 1 rings (SSSR count). The molecule has 4 N–H and O–H groups in total. The zero-order chi connectivity index (χ0) is 14.3. The predicted molar refractivity (Wildman–Crippen MR) is 72.7 cm³/mol. The van der Waals surface area contributed by atoms with E-state index in [0.717, 1.165) is 0 Å². The van der Waals surface area contributed by atoms with E-state index in [-0.39, 0.29) is 17.7 Å². The van der Waals surface area contributed by atoms with Crippen LogP contribution in [0.15, 0.2) is 23.2 Å². The summed E-state index contributed by atoms with van der Waals surface area (Å²) in [7, 11) is 3.09. The number of benzene rings is 1. The Morgan fingerprint density at radius 3 is 2.79 bits per heavy atom. The summed E-state index contributed by atoms with van der Waals surface area (Å²) in [5, 5.41) is 2.76. The van der Waals surface area contributed by atoms with Crippen LogP contribution in [-0.2, 0) is 4.74 Å². The van der Waals surface area contributed by atoms with Crippen molar-refractivity contribution in [3.63, 3.8) is 0 Å². The van der Waals surface area contributed by atoms with Gasteiger partial charge in [0.1, 0.15) is 11.6 Å². The molecule has 0 bridgehead atoms. The van der Waals surface area contributed by atoms with Gasteiger partial charge in [-0.25, -0.2) is 15.2 Å². The first-order valence-electron chi connectivity index (χ1n) is 5.74. The number of nitrogens with one attached hydrogen (secondary N) is 2. The van der Waals surface area contributed by atoms with Crippen molar-refractivity contribution < 1.29 is 13.9 Å². The summed E-state index contributed by atoms with van der Waals surface area (Å²) in [5.74, 6) is 5.70. The van der Waals surface area contributed by atoms with Crippen LogP contribution in [0.5, 0.6) is 5.75 Å². The number of hydrogen-bond acceptors (Lipinski definition) is 4. The third-order valence-corrected chi connectivity index (χ3v) is 2.32. The highest BCUT2D eigenvalue weighted by Crippen LogP contribution is 2.20. The highest BCUT2D eigenvalue weighted by atomic mass is 19.1. The number of hydrogen-bond donors (Lipinski definition) is 3. The Morgan fingerprint density at radius 1 is 1.47 bits per heavy atom. The lowest BCUT2D eigenvalue weighted by atomic mass is 10.3. The van der Waals surface area contributed by atoms with Gasteiger partial charge in [-0.3, -0.25) is 5.43 Å². The molecule has 0 aromatic heterocycles. The predicted octanol–water partition coefficient (Wildman–Crippen LogP) is 1.10. The summed E-state index contributed by atoms with van der Waals surface area (Å²) < 4.78 is 23.6. The maximum Gasteiger partial charge on any atom is 0.210 e. The van der Waals surface area contributed by atoms with Crippen molar-refractivity contribution in [3.8, 4) is 5.75 Å². The number of aliphatic imine (C=N–C) groups is 1. The fourth-order valence-electron chi connectivity index (χ4n) is 1.46. The van der Waals surface area contributed by atoms with Crippen LogP contribution in [0.25, 0.3) is 0 Å². The molecule has 0 saturated heterocycles. The highest BCUT2D eigenvalue weighted by molar-refractivity contribution is 5.93. The molecule has 0 saturated carbocycles. The van der Waals surface area contributed by atoms with Gasteiger partial charge in [0.15, 0.2) is 0 Å². The number of ether oxygens (including phenoxy) is 2. The molecule has 19 heavy (non-hydrogen) atoms. The molecule has 6 nitrogen and oxygen atoms in total. The van der Waals surface area contributed by atoms with Crippen molar-refractivity contribution in [1.82, 2.24) is 5.43 Å². The first-order valence-corrected chi connectivity index (χ1v) is 5.74. The fraction of sp³-hybridized carbons (Fsp3) is 0.417. The van der Waals surface area contributed by atoms with E-state index in [4.69, 9.17) is 15.3 Å². The van der Waals surface area contributed by atoms with Gasteiger partial charge < -0.3 is 14.8 Å². The number of nitrogens with two attached hydrogens (primary N) is 1. The zero-order valence-corrected chi connectivity index (χ0v) is 11.2. The number of guanidine groups is 1. The van der Waals surface area contributed by atoms with Gasteiger partial charge in [-0.1, -0.05) is 0 Å². The van der Waals surface area contributed by atoms with Gasteiger partial charge in [-0.15, -0.1) is 0 Å². The fourth-order valence-corrected chi connectivity index (χ4v) is 1.46. The monoisotopic (exact) mass is 270 g/mol. The molecule has 7 heteroatoms. The van der Waals surface area contributed by atoms with E-state index in [1.165, 1.54) is 25.3 Å². The number of rotatable bonds is 5. The van der Waals surface area contributed by atoms with Crippen molar-refractivity contribution in [2.45, 2.75) is 13.0 Å². The number of hydrazine groups is 1. The average Bonchev–Trinajstić information content (AvgIpc) is 2.40. The summed E-state index contributed by atoms with van der Waals surface area (Å²) in [5.41, 5.74) is 2.60. The van der Waals surface area contributed by atoms with Crippen LogP contribution < -0.4 is 21.3 Å². The van der Waals surface area contributed by atoms with Gasteiger partial charge >= 0.3 is 0 Å². The van der Waals surface area contributed by atoms with Crippen LogP contribution in [0.1, 0.15) is 6.92 Å². The number of nitrogens with zero attached hydrogens (tertiary/aromatic N) is 1. The lowest BCUT2D eigenvalue weighted by Crippen LogP contribution is -2.37. The smallest absolute Gasteiger partial charge is 0.210 e. The second-order valence-electron chi connectivity index (χ2n) is 3.90. The van der Waals surface area contributed by atoms with Crippen molar-refractivity contribution >= 4 is 11.6 Å². The molecule has 0 aliphatic carbocycles. The molecule has 0 aliphatic heterocycles. The molecular weight excluding hydrogens is 251 g/mol. The molecular formula is C12H19FN4O2. The van der Waals surface area contributed by atoms with E-state index >= 15 is 0 Å². The second kappa shape index (κ2) is 7.55.